The molecule has 3 rings (SSSR count). The number of anilines is 2. The maximum Gasteiger partial charge on any atom is 0.261 e. The van der Waals surface area contributed by atoms with Crippen LogP contribution in [0.25, 0.3) is 0 Å². The van der Waals surface area contributed by atoms with Crippen molar-refractivity contribution in [3.8, 4) is 0 Å². The lowest BCUT2D eigenvalue weighted by Gasteiger charge is -2.12. The van der Waals surface area contributed by atoms with Crippen molar-refractivity contribution in [2.24, 2.45) is 0 Å². The predicted molar refractivity (Wildman–Crippen MR) is 123 cm³/mol. The van der Waals surface area contributed by atoms with Crippen LogP contribution in [-0.4, -0.2) is 19.4 Å². The molecule has 0 fully saturated rings. The Labute approximate surface area is 185 Å². The fourth-order valence-corrected chi connectivity index (χ4v) is 3.94. The number of nitrogens with one attached hydrogen (secondary N) is 3. The monoisotopic (exact) mass is 457 g/mol. The first-order valence-corrected chi connectivity index (χ1v) is 11.1. The Bertz CT molecular complexity index is 1230. The van der Waals surface area contributed by atoms with Crippen LogP contribution in [0.5, 0.6) is 0 Å². The van der Waals surface area contributed by atoms with E-state index in [9.17, 15) is 17.6 Å². The van der Waals surface area contributed by atoms with Crippen LogP contribution in [-0.2, 0) is 10.0 Å². The summed E-state index contributed by atoms with van der Waals surface area (Å²) < 4.78 is 40.7. The van der Waals surface area contributed by atoms with Gasteiger partial charge in [-0.25, -0.2) is 12.8 Å². The fourth-order valence-electron chi connectivity index (χ4n) is 2.68. The lowest BCUT2D eigenvalue weighted by molar-refractivity contribution is 0.0977. The Morgan fingerprint density at radius 2 is 1.48 bits per heavy atom. The summed E-state index contributed by atoms with van der Waals surface area (Å²) in [5.41, 5.74) is 3.28. The minimum atomic E-state index is -3.76. The second-order valence-corrected chi connectivity index (χ2v) is 8.93. The van der Waals surface area contributed by atoms with E-state index in [1.54, 1.807) is 12.1 Å². The number of aryl methyl sites for hydroxylation is 2. The molecule has 3 N–H and O–H groups in total. The number of carbonyl (C=O) groups is 1. The summed E-state index contributed by atoms with van der Waals surface area (Å²) in [5.74, 6) is -0.936. The molecule has 160 valence electrons. The molecule has 3 aromatic rings. The molecule has 1 amide bonds. The number of hydrogen-bond acceptors (Lipinski definition) is 4. The molecule has 0 saturated heterocycles. The number of amides is 1. The SMILES string of the molecule is Cc1ccc(NS(=O)(=O)c2ccc(NC(=S)NC(=O)c3ccc(F)cc3)cc2)cc1C. The van der Waals surface area contributed by atoms with Crippen LogP contribution in [0, 0.1) is 19.7 Å². The number of rotatable bonds is 5. The van der Waals surface area contributed by atoms with Gasteiger partial charge in [0.25, 0.3) is 15.9 Å². The maximum absolute atomic E-state index is 13.0. The lowest BCUT2D eigenvalue weighted by Crippen LogP contribution is -2.34. The zero-order valence-electron chi connectivity index (χ0n) is 16.8. The molecule has 3 aromatic carbocycles. The van der Waals surface area contributed by atoms with Crippen LogP contribution in [0.1, 0.15) is 21.5 Å². The van der Waals surface area contributed by atoms with Gasteiger partial charge in [0.05, 0.1) is 4.90 Å². The molecule has 0 aromatic heterocycles. The smallest absolute Gasteiger partial charge is 0.261 e. The molecule has 0 saturated carbocycles. The molecule has 0 unspecified atom stereocenters. The highest BCUT2D eigenvalue weighted by Gasteiger charge is 2.15. The van der Waals surface area contributed by atoms with Gasteiger partial charge < -0.3 is 5.32 Å². The van der Waals surface area contributed by atoms with Crippen LogP contribution in [0.4, 0.5) is 15.8 Å². The summed E-state index contributed by atoms with van der Waals surface area (Å²) in [6, 6.07) is 16.3. The first-order valence-electron chi connectivity index (χ1n) is 9.22. The molecule has 0 aliphatic carbocycles. The number of carbonyl (C=O) groups excluding carboxylic acids is 1. The Morgan fingerprint density at radius 1 is 0.871 bits per heavy atom. The summed E-state index contributed by atoms with van der Waals surface area (Å²) in [7, 11) is -3.76. The van der Waals surface area contributed by atoms with Crippen molar-refractivity contribution in [3.05, 3.63) is 89.2 Å². The first-order chi connectivity index (χ1) is 14.6. The number of halogens is 1. The third-order valence-corrected chi connectivity index (χ3v) is 6.12. The number of thiocarbonyl (C=S) groups is 1. The molecular weight excluding hydrogens is 437 g/mol. The molecule has 0 spiro atoms. The molecular formula is C22H20FN3O3S2. The van der Waals surface area contributed by atoms with Gasteiger partial charge in [0.15, 0.2) is 5.11 Å². The highest BCUT2D eigenvalue weighted by molar-refractivity contribution is 7.92. The van der Waals surface area contributed by atoms with Gasteiger partial charge in [0, 0.05) is 16.9 Å². The van der Waals surface area contributed by atoms with E-state index in [1.165, 1.54) is 48.5 Å². The van der Waals surface area contributed by atoms with Gasteiger partial charge in [-0.2, -0.15) is 0 Å². The van der Waals surface area contributed by atoms with Gasteiger partial charge in [-0.15, -0.1) is 0 Å². The van der Waals surface area contributed by atoms with Gasteiger partial charge in [0.1, 0.15) is 5.82 Å². The lowest BCUT2D eigenvalue weighted by atomic mass is 10.1. The van der Waals surface area contributed by atoms with Crippen LogP contribution in [0.2, 0.25) is 0 Å². The normalized spacial score (nSPS) is 10.9. The van der Waals surface area contributed by atoms with Gasteiger partial charge in [0.2, 0.25) is 0 Å². The van der Waals surface area contributed by atoms with E-state index in [4.69, 9.17) is 12.2 Å². The minimum Gasteiger partial charge on any atom is -0.332 e. The molecule has 0 aliphatic rings. The van der Waals surface area contributed by atoms with Crippen molar-refractivity contribution in [1.29, 1.82) is 0 Å². The summed E-state index contributed by atoms with van der Waals surface area (Å²) in [5, 5.41) is 5.31. The van der Waals surface area contributed by atoms with Crippen molar-refractivity contribution in [2.75, 3.05) is 10.0 Å². The predicted octanol–water partition coefficient (Wildman–Crippen LogP) is 4.37. The molecule has 31 heavy (non-hydrogen) atoms. The Morgan fingerprint density at radius 3 is 2.10 bits per heavy atom. The van der Waals surface area contributed by atoms with Crippen LogP contribution in [0.15, 0.2) is 71.6 Å². The van der Waals surface area contributed by atoms with E-state index in [1.807, 2.05) is 19.9 Å². The Kier molecular flexibility index (Phi) is 6.67. The second-order valence-electron chi connectivity index (χ2n) is 6.84. The number of sulfonamides is 1. The molecule has 0 aliphatic heterocycles. The van der Waals surface area contributed by atoms with E-state index < -0.39 is 21.7 Å². The fraction of sp³-hybridized carbons (Fsp3) is 0.0909. The Balaban J connectivity index is 1.63. The summed E-state index contributed by atoms with van der Waals surface area (Å²) >= 11 is 5.11. The molecule has 9 heteroatoms. The third kappa shape index (κ3) is 5.87. The van der Waals surface area contributed by atoms with Crippen molar-refractivity contribution >= 4 is 44.6 Å². The highest BCUT2D eigenvalue weighted by Crippen LogP contribution is 2.20. The third-order valence-electron chi connectivity index (χ3n) is 4.52. The first kappa shape index (κ1) is 22.4. The summed E-state index contributed by atoms with van der Waals surface area (Å²) in [6.07, 6.45) is 0. The van der Waals surface area contributed by atoms with Gasteiger partial charge >= 0.3 is 0 Å². The quantitative estimate of drug-likeness (QED) is 0.495. The topological polar surface area (TPSA) is 87.3 Å². The molecule has 0 atom stereocenters. The average Bonchev–Trinajstić information content (AvgIpc) is 2.71. The van der Waals surface area contributed by atoms with Crippen LogP contribution < -0.4 is 15.4 Å². The van der Waals surface area contributed by atoms with E-state index >= 15 is 0 Å². The second kappa shape index (κ2) is 9.23. The number of hydrogen-bond donors (Lipinski definition) is 3. The van der Waals surface area contributed by atoms with Gasteiger partial charge in [-0.3, -0.25) is 14.8 Å². The molecule has 0 radical (unpaired) electrons. The van der Waals surface area contributed by atoms with E-state index in [0.717, 1.165) is 11.1 Å². The zero-order chi connectivity index (χ0) is 22.6. The number of benzene rings is 3. The van der Waals surface area contributed by atoms with Gasteiger partial charge in [-0.1, -0.05) is 6.07 Å². The van der Waals surface area contributed by atoms with Crippen LogP contribution >= 0.6 is 12.2 Å². The largest absolute Gasteiger partial charge is 0.332 e. The Hall–Kier alpha value is -3.30. The van der Waals surface area contributed by atoms with E-state index in [-0.39, 0.29) is 15.6 Å². The summed E-state index contributed by atoms with van der Waals surface area (Å²) in [4.78, 5) is 12.2. The zero-order valence-corrected chi connectivity index (χ0v) is 18.4. The molecule has 0 bridgehead atoms. The molecule has 0 heterocycles. The van der Waals surface area contributed by atoms with E-state index in [2.05, 4.69) is 15.4 Å². The average molecular weight is 458 g/mol. The maximum atomic E-state index is 13.0. The highest BCUT2D eigenvalue weighted by atomic mass is 32.2. The minimum absolute atomic E-state index is 0.0261. The van der Waals surface area contributed by atoms with Crippen molar-refractivity contribution < 1.29 is 17.6 Å². The molecule has 6 nitrogen and oxygen atoms in total. The summed E-state index contributed by atoms with van der Waals surface area (Å²) in [6.45, 7) is 3.86. The van der Waals surface area contributed by atoms with Crippen LogP contribution in [0.3, 0.4) is 0 Å². The van der Waals surface area contributed by atoms with Crippen molar-refractivity contribution in [2.45, 2.75) is 18.7 Å². The van der Waals surface area contributed by atoms with E-state index in [0.29, 0.717) is 11.4 Å². The van der Waals surface area contributed by atoms with Crippen molar-refractivity contribution in [1.82, 2.24) is 5.32 Å². The van der Waals surface area contributed by atoms with Crippen molar-refractivity contribution in [3.63, 3.8) is 0 Å². The van der Waals surface area contributed by atoms with Gasteiger partial charge in [-0.05, 0) is 97.9 Å². The standard InChI is InChI=1S/C22H20FN3O3S2/c1-14-3-8-19(13-15(14)2)26-31(28,29)20-11-9-18(10-12-20)24-22(30)25-21(27)16-4-6-17(23)7-5-16/h3-13,26H,1-2H3,(H2,24,25,27,30).